The fraction of sp³-hybridized carbons (Fsp3) is 0.240. The summed E-state index contributed by atoms with van der Waals surface area (Å²) in [6.45, 7) is 1.54. The number of carbonyl (C=O) groups is 1. The van der Waals surface area contributed by atoms with Crippen LogP contribution in [0, 0.1) is 6.92 Å². The maximum Gasteiger partial charge on any atom is 0.416 e. The van der Waals surface area contributed by atoms with Crippen LogP contribution in [0.15, 0.2) is 57.6 Å². The van der Waals surface area contributed by atoms with E-state index in [1.54, 1.807) is 59.3 Å². The van der Waals surface area contributed by atoms with E-state index in [9.17, 15) is 31.8 Å². The van der Waals surface area contributed by atoms with Crippen LogP contribution >= 0.6 is 44.5 Å². The van der Waals surface area contributed by atoms with Gasteiger partial charge in [-0.15, -0.1) is 8.93 Å². The number of halogens is 5. The van der Waals surface area contributed by atoms with Crippen molar-refractivity contribution in [2.75, 3.05) is 0 Å². The first-order valence-corrected chi connectivity index (χ1v) is 18.9. The van der Waals surface area contributed by atoms with Gasteiger partial charge in [-0.2, -0.15) is 13.2 Å². The van der Waals surface area contributed by atoms with E-state index in [2.05, 4.69) is 8.93 Å². The highest BCUT2D eigenvalue weighted by Crippen LogP contribution is 2.67. The number of benzene rings is 2. The van der Waals surface area contributed by atoms with Crippen molar-refractivity contribution in [1.29, 1.82) is 0 Å². The van der Waals surface area contributed by atoms with E-state index in [1.807, 2.05) is 0 Å². The predicted octanol–water partition coefficient (Wildman–Crippen LogP) is 6.84. The fourth-order valence-electron chi connectivity index (χ4n) is 5.07. The summed E-state index contributed by atoms with van der Waals surface area (Å²) in [4.78, 5) is 39.4. The Labute approximate surface area is 233 Å². The molecule has 0 bridgehead atoms. The van der Waals surface area contributed by atoms with Gasteiger partial charge in [0.1, 0.15) is 0 Å². The number of ketones is 1. The molecule has 2 aliphatic carbocycles. The lowest BCUT2D eigenvalue weighted by Gasteiger charge is -2.29. The van der Waals surface area contributed by atoms with E-state index < -0.39 is 34.5 Å². The smallest absolute Gasteiger partial charge is 0.300 e. The van der Waals surface area contributed by atoms with Crippen molar-refractivity contribution in [2.24, 2.45) is 14.1 Å². The molecule has 1 aromatic heterocycles. The molecule has 0 fully saturated rings. The van der Waals surface area contributed by atoms with E-state index >= 15 is 0 Å². The third-order valence-corrected chi connectivity index (χ3v) is 16.7. The number of fused-ring (bicyclic) bond motifs is 3. The van der Waals surface area contributed by atoms with Crippen LogP contribution in [0.4, 0.5) is 17.4 Å². The number of nitrogens with zero attached hydrogens (tertiary/aromatic N) is 2. The standard InChI is InChI=1S/C25H19F3N2O3.FH3IP3/c1-12-8-13(10-14(9-12)25(26,27)28)19-20-17(15-6-4-5-7-16(15)22(20)31)11-18-21(19)23(32)30(3)24(33)29(18)2;1-5(2)4-3/h4-10,19H,11H2,1-3H3;4H,3H2. The Bertz CT molecular complexity index is 1610. The van der Waals surface area contributed by atoms with Crippen LogP contribution in [0.3, 0.4) is 0 Å². The minimum absolute atomic E-state index is 0.165. The molecule has 0 N–H and O–H groups in total. The number of alkyl halides is 3. The molecule has 38 heavy (non-hydrogen) atoms. The summed E-state index contributed by atoms with van der Waals surface area (Å²) >= 11 is 1.80. The van der Waals surface area contributed by atoms with E-state index in [1.165, 1.54) is 18.7 Å². The first kappa shape index (κ1) is 29.3. The van der Waals surface area contributed by atoms with Gasteiger partial charge in [0.15, 0.2) is 11.3 Å². The minimum atomic E-state index is -4.59. The van der Waals surface area contributed by atoms with Crippen molar-refractivity contribution in [2.45, 2.75) is 25.4 Å². The summed E-state index contributed by atoms with van der Waals surface area (Å²) < 4.78 is 54.7. The molecule has 4 unspecified atom stereocenters. The zero-order valence-electron chi connectivity index (χ0n) is 20.4. The average molecular weight is 694 g/mol. The van der Waals surface area contributed by atoms with E-state index in [0.29, 0.717) is 41.5 Å². The first-order chi connectivity index (χ1) is 17.8. The number of aromatic nitrogens is 2. The number of Topliss-reactive ketones (excluding diaryl/α,β-unsaturated/α-hetero) is 1. The monoisotopic (exact) mass is 694 g/mol. The molecule has 4 atom stereocenters. The molecule has 0 aliphatic heterocycles. The number of carbonyl (C=O) groups excluding carboxylic acids is 1. The van der Waals surface area contributed by atoms with Gasteiger partial charge in [-0.1, -0.05) is 35.9 Å². The van der Waals surface area contributed by atoms with Crippen molar-refractivity contribution < 1.29 is 22.2 Å². The largest absolute Gasteiger partial charge is 0.416 e. The van der Waals surface area contributed by atoms with Crippen molar-refractivity contribution in [1.82, 2.24) is 9.13 Å². The van der Waals surface area contributed by atoms with Crippen LogP contribution in [0.5, 0.6) is 0 Å². The molecular formula is C25H22F4IN2O3P3. The minimum Gasteiger partial charge on any atom is -0.300 e. The van der Waals surface area contributed by atoms with Gasteiger partial charge in [0.2, 0.25) is 0 Å². The zero-order chi connectivity index (χ0) is 28.1. The quantitative estimate of drug-likeness (QED) is 0.168. The Balaban J connectivity index is 0.000000617. The highest BCUT2D eigenvalue weighted by molar-refractivity contribution is 14.2. The molecule has 3 aromatic rings. The van der Waals surface area contributed by atoms with Gasteiger partial charge >= 0.3 is 11.9 Å². The van der Waals surface area contributed by atoms with Crippen LogP contribution in [-0.4, -0.2) is 14.9 Å². The van der Waals surface area contributed by atoms with E-state index in [0.717, 1.165) is 16.7 Å². The van der Waals surface area contributed by atoms with Gasteiger partial charge in [0, 0.05) is 48.8 Å². The first-order valence-electron chi connectivity index (χ1n) is 11.2. The van der Waals surface area contributed by atoms with Crippen LogP contribution < -0.4 is 11.2 Å². The van der Waals surface area contributed by atoms with Gasteiger partial charge in [-0.25, -0.2) is 8.99 Å². The van der Waals surface area contributed by atoms with Gasteiger partial charge in [0.05, 0.1) is 5.56 Å². The number of hydrogen-bond acceptors (Lipinski definition) is 3. The topological polar surface area (TPSA) is 61.1 Å². The summed E-state index contributed by atoms with van der Waals surface area (Å²) in [6, 6.07) is 10.6. The molecule has 2 aliphatic rings. The van der Waals surface area contributed by atoms with Crippen molar-refractivity contribution in [3.8, 4) is 0 Å². The lowest BCUT2D eigenvalue weighted by molar-refractivity contribution is -0.137. The summed E-state index contributed by atoms with van der Waals surface area (Å²) in [5.74, 6) is -1.32. The fourth-order valence-corrected chi connectivity index (χ4v) is 5.07. The number of allylic oxidation sites excluding steroid dienone is 2. The van der Waals surface area contributed by atoms with Crippen LogP contribution in [0.2, 0.25) is 0 Å². The normalized spacial score (nSPS) is 17.2. The number of hydrogen-bond donors (Lipinski definition) is 0. The summed E-state index contributed by atoms with van der Waals surface area (Å²) in [5, 5.41) is 0. The van der Waals surface area contributed by atoms with Gasteiger partial charge in [0.25, 0.3) is 5.56 Å². The molecule has 0 saturated heterocycles. The highest BCUT2D eigenvalue weighted by Gasteiger charge is 2.43. The van der Waals surface area contributed by atoms with E-state index in [-0.39, 0.29) is 23.3 Å². The zero-order valence-corrected chi connectivity index (χ0v) is 25.6. The molecule has 1 heterocycles. The number of rotatable bonds is 2. The summed E-state index contributed by atoms with van der Waals surface area (Å²) in [5.41, 5.74) is 0.0946. The molecule has 0 amide bonds. The van der Waals surface area contributed by atoms with Gasteiger partial charge < -0.3 is 0 Å². The Morgan fingerprint density at radius 1 is 1.05 bits per heavy atom. The molecule has 0 saturated carbocycles. The second kappa shape index (κ2) is 11.0. The molecule has 5 rings (SSSR count). The Hall–Kier alpha value is -1.73. The molecule has 2 aromatic carbocycles. The Morgan fingerprint density at radius 2 is 1.66 bits per heavy atom. The molecule has 13 heteroatoms. The van der Waals surface area contributed by atoms with Crippen LogP contribution in [0.1, 0.15) is 49.8 Å². The lowest BCUT2D eigenvalue weighted by atomic mass is 9.76. The Morgan fingerprint density at radius 3 is 2.24 bits per heavy atom. The third-order valence-electron chi connectivity index (χ3n) is 6.67. The SMILES string of the molecule is Cc1cc(C2C3=C(Cc4c2c(=O)n(C)c(=O)n4C)c2ccccc2C3=O)cc(C(F)(F)F)c1.FP(I)PP. The molecule has 0 spiro atoms. The molecule has 0 radical (unpaired) electrons. The maximum atomic E-state index is 13.6. The van der Waals surface area contributed by atoms with E-state index in [4.69, 9.17) is 0 Å². The molecule has 5 nitrogen and oxygen atoms in total. The average Bonchev–Trinajstić information content (AvgIpc) is 3.16. The Kier molecular flexibility index (Phi) is 8.50. The van der Waals surface area contributed by atoms with Crippen molar-refractivity contribution in [3.05, 3.63) is 108 Å². The van der Waals surface area contributed by atoms with Crippen molar-refractivity contribution in [3.63, 3.8) is 0 Å². The van der Waals surface area contributed by atoms with Gasteiger partial charge in [-0.05, 0) is 65.8 Å². The summed E-state index contributed by atoms with van der Waals surface area (Å²) in [6.07, 6.45) is -4.42. The molecular weight excluding hydrogens is 672 g/mol. The second-order valence-electron chi connectivity index (χ2n) is 8.94. The summed E-state index contributed by atoms with van der Waals surface area (Å²) in [7, 11) is 5.64. The predicted molar refractivity (Wildman–Crippen MR) is 156 cm³/mol. The molecule has 200 valence electrons. The third kappa shape index (κ3) is 5.22. The highest BCUT2D eigenvalue weighted by atomic mass is 127. The lowest BCUT2D eigenvalue weighted by Crippen LogP contribution is -2.43. The maximum absolute atomic E-state index is 13.6. The van der Waals surface area contributed by atoms with Gasteiger partial charge in [-0.3, -0.25) is 18.7 Å². The van der Waals surface area contributed by atoms with Crippen molar-refractivity contribution >= 4 is 55.8 Å². The second-order valence-corrected chi connectivity index (χ2v) is 19.2. The number of aryl methyl sites for hydroxylation is 1. The van der Waals surface area contributed by atoms with Crippen LogP contribution in [-0.2, 0) is 26.7 Å². The van der Waals surface area contributed by atoms with Crippen LogP contribution in [0.25, 0.3) is 5.57 Å².